The second-order valence-electron chi connectivity index (χ2n) is 6.16. The van der Waals surface area contributed by atoms with Crippen LogP contribution in [0.2, 0.25) is 0 Å². The van der Waals surface area contributed by atoms with Gasteiger partial charge in [-0.1, -0.05) is 0 Å². The summed E-state index contributed by atoms with van der Waals surface area (Å²) in [7, 11) is 1.81. The number of hydrogen-bond acceptors (Lipinski definition) is 5. The molecule has 3 aromatic rings. The summed E-state index contributed by atoms with van der Waals surface area (Å²) < 4.78 is 12.7. The fourth-order valence-electron chi connectivity index (χ4n) is 3.11. The molecular weight excluding hydrogens is 322 g/mol. The number of anilines is 1. The van der Waals surface area contributed by atoms with E-state index < -0.39 is 11.7 Å². The zero-order valence-corrected chi connectivity index (χ0v) is 13.9. The van der Waals surface area contributed by atoms with Crippen molar-refractivity contribution in [2.75, 3.05) is 11.4 Å². The highest BCUT2D eigenvalue weighted by atomic mass is 16.5. The van der Waals surface area contributed by atoms with E-state index in [0.29, 0.717) is 24.3 Å². The van der Waals surface area contributed by atoms with Crippen molar-refractivity contribution in [3.05, 3.63) is 52.6 Å². The highest BCUT2D eigenvalue weighted by Crippen LogP contribution is 2.27. The number of carbonyl (C=O) groups is 1. The highest BCUT2D eigenvalue weighted by Gasteiger charge is 2.34. The molecular formula is C18H17N3O4. The molecule has 1 aliphatic rings. The predicted octanol–water partition coefficient (Wildman–Crippen LogP) is 2.02. The van der Waals surface area contributed by atoms with Gasteiger partial charge in [-0.3, -0.25) is 9.48 Å². The molecule has 1 atom stereocenters. The van der Waals surface area contributed by atoms with Crippen molar-refractivity contribution < 1.29 is 13.9 Å². The van der Waals surface area contributed by atoms with Crippen molar-refractivity contribution in [3.63, 3.8) is 0 Å². The van der Waals surface area contributed by atoms with Crippen LogP contribution >= 0.6 is 0 Å². The molecule has 0 N–H and O–H groups in total. The van der Waals surface area contributed by atoms with Gasteiger partial charge in [-0.05, 0) is 24.6 Å². The SMILES string of the molecule is Cc1cc(=O)oc2cc(OC3CCN(c4cnn(C)c4)C3=O)ccc12. The van der Waals surface area contributed by atoms with E-state index in [4.69, 9.17) is 9.15 Å². The number of carbonyl (C=O) groups excluding carboxylic acids is 1. The lowest BCUT2D eigenvalue weighted by molar-refractivity contribution is -0.122. The van der Waals surface area contributed by atoms with E-state index in [-0.39, 0.29) is 5.91 Å². The van der Waals surface area contributed by atoms with Crippen LogP contribution in [0.25, 0.3) is 11.0 Å². The molecule has 1 unspecified atom stereocenters. The Labute approximate surface area is 143 Å². The molecule has 0 saturated carbocycles. The first-order valence-corrected chi connectivity index (χ1v) is 8.02. The van der Waals surface area contributed by atoms with Crippen LogP contribution in [0.15, 0.2) is 45.9 Å². The molecule has 25 heavy (non-hydrogen) atoms. The molecule has 7 nitrogen and oxygen atoms in total. The summed E-state index contributed by atoms with van der Waals surface area (Å²) in [5, 5.41) is 4.94. The third-order valence-corrected chi connectivity index (χ3v) is 4.36. The van der Waals surface area contributed by atoms with Crippen LogP contribution in [0.4, 0.5) is 5.69 Å². The van der Waals surface area contributed by atoms with E-state index in [9.17, 15) is 9.59 Å². The smallest absolute Gasteiger partial charge is 0.336 e. The molecule has 3 heterocycles. The van der Waals surface area contributed by atoms with Gasteiger partial charge in [0, 0.05) is 43.7 Å². The Kier molecular flexibility index (Phi) is 3.56. The number of nitrogens with zero attached hydrogens (tertiary/aromatic N) is 3. The van der Waals surface area contributed by atoms with Gasteiger partial charge in [0.1, 0.15) is 11.3 Å². The van der Waals surface area contributed by atoms with Crippen LogP contribution < -0.4 is 15.3 Å². The van der Waals surface area contributed by atoms with Gasteiger partial charge in [-0.15, -0.1) is 0 Å². The summed E-state index contributed by atoms with van der Waals surface area (Å²) in [6.45, 7) is 2.43. The Balaban J connectivity index is 1.57. The second-order valence-corrected chi connectivity index (χ2v) is 6.16. The normalized spacial score (nSPS) is 17.4. The molecule has 1 aromatic carbocycles. The molecule has 0 bridgehead atoms. The topological polar surface area (TPSA) is 77.6 Å². The third kappa shape index (κ3) is 2.77. The van der Waals surface area contributed by atoms with E-state index in [1.165, 1.54) is 6.07 Å². The molecule has 0 aliphatic carbocycles. The van der Waals surface area contributed by atoms with Crippen molar-refractivity contribution in [2.24, 2.45) is 7.05 Å². The van der Waals surface area contributed by atoms with Gasteiger partial charge in [0.25, 0.3) is 5.91 Å². The molecule has 1 aliphatic heterocycles. The number of benzene rings is 1. The first kappa shape index (κ1) is 15.4. The summed E-state index contributed by atoms with van der Waals surface area (Å²) in [6.07, 6.45) is 3.49. The molecule has 7 heteroatoms. The highest BCUT2D eigenvalue weighted by molar-refractivity contribution is 5.98. The predicted molar refractivity (Wildman–Crippen MR) is 91.8 cm³/mol. The molecule has 0 spiro atoms. The number of rotatable bonds is 3. The monoisotopic (exact) mass is 339 g/mol. The summed E-state index contributed by atoms with van der Waals surface area (Å²) >= 11 is 0. The zero-order chi connectivity index (χ0) is 17.6. The maximum absolute atomic E-state index is 12.6. The minimum absolute atomic E-state index is 0.0983. The third-order valence-electron chi connectivity index (χ3n) is 4.36. The second kappa shape index (κ2) is 5.77. The standard InChI is InChI=1S/C18H17N3O4/c1-11-7-17(22)25-16-8-13(3-4-14(11)16)24-15-5-6-21(18(15)23)12-9-19-20(2)10-12/h3-4,7-10,15H,5-6H2,1-2H3. The van der Waals surface area contributed by atoms with Gasteiger partial charge >= 0.3 is 5.63 Å². The quantitative estimate of drug-likeness (QED) is 0.682. The maximum atomic E-state index is 12.6. The Morgan fingerprint density at radius 3 is 2.88 bits per heavy atom. The Morgan fingerprint density at radius 2 is 2.12 bits per heavy atom. The molecule has 1 amide bonds. The van der Waals surface area contributed by atoms with Crippen molar-refractivity contribution in [1.82, 2.24) is 9.78 Å². The Bertz CT molecular complexity index is 1020. The van der Waals surface area contributed by atoms with Crippen LogP contribution in [0.3, 0.4) is 0 Å². The van der Waals surface area contributed by atoms with Crippen molar-refractivity contribution in [3.8, 4) is 5.75 Å². The van der Waals surface area contributed by atoms with Crippen molar-refractivity contribution in [1.29, 1.82) is 0 Å². The Morgan fingerprint density at radius 1 is 1.28 bits per heavy atom. The van der Waals surface area contributed by atoms with Gasteiger partial charge in [0.15, 0.2) is 6.10 Å². The zero-order valence-electron chi connectivity index (χ0n) is 13.9. The van der Waals surface area contributed by atoms with Gasteiger partial charge in [0.2, 0.25) is 0 Å². The largest absolute Gasteiger partial charge is 0.480 e. The minimum Gasteiger partial charge on any atom is -0.480 e. The lowest BCUT2D eigenvalue weighted by atomic mass is 10.1. The van der Waals surface area contributed by atoms with Crippen LogP contribution in [-0.4, -0.2) is 28.3 Å². The first-order chi connectivity index (χ1) is 12.0. The van der Waals surface area contributed by atoms with Gasteiger partial charge in [0.05, 0.1) is 11.9 Å². The van der Waals surface area contributed by atoms with E-state index in [1.807, 2.05) is 20.0 Å². The van der Waals surface area contributed by atoms with Crippen molar-refractivity contribution in [2.45, 2.75) is 19.4 Å². The average molecular weight is 339 g/mol. The summed E-state index contributed by atoms with van der Waals surface area (Å²) in [5.74, 6) is 0.409. The van der Waals surface area contributed by atoms with Crippen LogP contribution in [0, 0.1) is 6.92 Å². The number of aromatic nitrogens is 2. The molecule has 2 aromatic heterocycles. The summed E-state index contributed by atoms with van der Waals surface area (Å²) in [4.78, 5) is 25.8. The summed E-state index contributed by atoms with van der Waals surface area (Å²) in [6, 6.07) is 6.73. The van der Waals surface area contributed by atoms with Gasteiger partial charge < -0.3 is 14.1 Å². The number of ether oxygens (including phenoxy) is 1. The van der Waals surface area contributed by atoms with E-state index in [1.54, 1.807) is 34.1 Å². The molecule has 128 valence electrons. The number of fused-ring (bicyclic) bond motifs is 1. The lowest BCUT2D eigenvalue weighted by Crippen LogP contribution is -2.32. The van der Waals surface area contributed by atoms with E-state index >= 15 is 0 Å². The van der Waals surface area contributed by atoms with Crippen molar-refractivity contribution >= 4 is 22.6 Å². The number of hydrogen-bond donors (Lipinski definition) is 0. The fourth-order valence-corrected chi connectivity index (χ4v) is 3.11. The van der Waals surface area contributed by atoms with Gasteiger partial charge in [-0.25, -0.2) is 4.79 Å². The summed E-state index contributed by atoms with van der Waals surface area (Å²) in [5.41, 5.74) is 1.66. The number of amides is 1. The average Bonchev–Trinajstić information content (AvgIpc) is 3.13. The van der Waals surface area contributed by atoms with Gasteiger partial charge in [-0.2, -0.15) is 5.10 Å². The molecule has 4 rings (SSSR count). The van der Waals surface area contributed by atoms with Crippen LogP contribution in [-0.2, 0) is 11.8 Å². The molecule has 0 radical (unpaired) electrons. The van der Waals surface area contributed by atoms with E-state index in [0.717, 1.165) is 16.6 Å². The molecule has 1 saturated heterocycles. The number of aryl methyl sites for hydroxylation is 2. The fraction of sp³-hybridized carbons (Fsp3) is 0.278. The van der Waals surface area contributed by atoms with Crippen LogP contribution in [0.1, 0.15) is 12.0 Å². The maximum Gasteiger partial charge on any atom is 0.336 e. The Hall–Kier alpha value is -3.09. The lowest BCUT2D eigenvalue weighted by Gasteiger charge is -2.15. The molecule has 1 fully saturated rings. The first-order valence-electron chi connectivity index (χ1n) is 8.02. The minimum atomic E-state index is -0.561. The van der Waals surface area contributed by atoms with Crippen LogP contribution in [0.5, 0.6) is 5.75 Å². The van der Waals surface area contributed by atoms with E-state index in [2.05, 4.69) is 5.10 Å².